The minimum absolute atomic E-state index is 0.0224. The molecule has 1 spiro atoms. The highest BCUT2D eigenvalue weighted by Crippen LogP contribution is 2.65. The Balaban J connectivity index is 1.10. The lowest BCUT2D eigenvalue weighted by Crippen LogP contribution is -2.49. The second kappa shape index (κ2) is 13.3. The number of hydrogen-bond donors (Lipinski definition) is 0. The van der Waals surface area contributed by atoms with Gasteiger partial charge in [-0.05, 0) is 124 Å². The normalized spacial score (nSPS) is 22.1. The van der Waals surface area contributed by atoms with Crippen LogP contribution in [-0.4, -0.2) is 15.0 Å². The molecule has 1 aromatic heterocycles. The summed E-state index contributed by atoms with van der Waals surface area (Å²) in [7, 11) is 0. The van der Waals surface area contributed by atoms with E-state index in [9.17, 15) is 5.26 Å². The van der Waals surface area contributed by atoms with Crippen molar-refractivity contribution in [2.45, 2.75) is 44.9 Å². The molecule has 10 rings (SSSR count). The highest BCUT2D eigenvalue weighted by molar-refractivity contribution is 5.88. The van der Waals surface area contributed by atoms with E-state index in [0.717, 1.165) is 39.7 Å². The van der Waals surface area contributed by atoms with Crippen molar-refractivity contribution in [3.63, 3.8) is 0 Å². The zero-order valence-corrected chi connectivity index (χ0v) is 31.3. The molecule has 0 aliphatic heterocycles. The second-order valence-electron chi connectivity index (χ2n) is 16.2. The van der Waals surface area contributed by atoms with Crippen LogP contribution in [-0.2, 0) is 5.41 Å². The topological polar surface area (TPSA) is 62.5 Å². The third kappa shape index (κ3) is 5.61. The predicted octanol–water partition coefficient (Wildman–Crippen LogP) is 12.4. The number of fused-ring (bicyclic) bond motifs is 8. The third-order valence-corrected chi connectivity index (χ3v) is 12.9. The zero-order chi connectivity index (χ0) is 37.1. The molecule has 6 aromatic carbocycles. The molecule has 55 heavy (non-hydrogen) atoms. The number of aromatic nitrogens is 3. The first-order chi connectivity index (χ1) is 27.0. The molecule has 2 bridgehead atoms. The van der Waals surface area contributed by atoms with Gasteiger partial charge in [-0.3, -0.25) is 0 Å². The SMILES string of the molecule is CC1CC2CC(C)C3(c4ccc(-c5cccc(-c6nc(-c7ccccc7)nc(-c7ccccc7)n6)c5)cc4-c4ccc(-c5ccc(C#N)cc5)cc43)C(C1)C2. The average Bonchev–Trinajstić information content (AvgIpc) is 3.53. The van der Waals surface area contributed by atoms with Crippen LogP contribution in [0.3, 0.4) is 0 Å². The van der Waals surface area contributed by atoms with Gasteiger partial charge in [0.2, 0.25) is 0 Å². The molecule has 2 fully saturated rings. The van der Waals surface area contributed by atoms with Crippen LogP contribution < -0.4 is 0 Å². The first kappa shape index (κ1) is 33.4. The molecule has 1 heterocycles. The Hall–Kier alpha value is -6.18. The molecule has 2 saturated carbocycles. The van der Waals surface area contributed by atoms with E-state index in [1.807, 2.05) is 72.8 Å². The Bertz CT molecular complexity index is 2540. The first-order valence-electron chi connectivity index (χ1n) is 19.8. The van der Waals surface area contributed by atoms with Crippen LogP contribution in [0.2, 0.25) is 0 Å². The number of nitrogens with zero attached hydrogens (tertiary/aromatic N) is 4. The fourth-order valence-corrected chi connectivity index (χ4v) is 10.6. The summed E-state index contributed by atoms with van der Waals surface area (Å²) in [4.78, 5) is 15.0. The van der Waals surface area contributed by atoms with Crippen LogP contribution in [0.5, 0.6) is 0 Å². The minimum atomic E-state index is -0.0224. The van der Waals surface area contributed by atoms with Crippen molar-refractivity contribution in [3.05, 3.63) is 162 Å². The van der Waals surface area contributed by atoms with Gasteiger partial charge in [-0.1, -0.05) is 129 Å². The number of benzene rings is 6. The summed E-state index contributed by atoms with van der Waals surface area (Å²) < 4.78 is 0. The van der Waals surface area contributed by atoms with E-state index < -0.39 is 0 Å². The maximum Gasteiger partial charge on any atom is 0.164 e. The standard InChI is InChI=1S/C51H42N4/c1-32-24-35-26-33(2)51(43(25-32)27-35)46-23-21-40(29-45(46)44-22-20-41(30-47(44)51)36-18-16-34(31-52)17-19-36)39-14-9-15-42(28-39)50-54-48(37-10-5-3-6-11-37)53-49(55-50)38-12-7-4-8-13-38/h3-23,28-30,32-33,35,43H,24-27H2,1-2H3. The summed E-state index contributed by atoms with van der Waals surface area (Å²) in [5.41, 5.74) is 14.0. The number of rotatable bonds is 5. The Morgan fingerprint density at radius 2 is 1.07 bits per heavy atom. The van der Waals surface area contributed by atoms with Crippen molar-refractivity contribution >= 4 is 0 Å². The molecule has 266 valence electrons. The van der Waals surface area contributed by atoms with Crippen LogP contribution in [0.15, 0.2) is 146 Å². The highest BCUT2D eigenvalue weighted by atomic mass is 15.0. The number of nitriles is 1. The molecule has 0 N–H and O–H groups in total. The van der Waals surface area contributed by atoms with Crippen LogP contribution in [0, 0.1) is 35.0 Å². The van der Waals surface area contributed by atoms with Gasteiger partial charge in [-0.25, -0.2) is 15.0 Å². The van der Waals surface area contributed by atoms with Gasteiger partial charge >= 0.3 is 0 Å². The Labute approximate surface area is 323 Å². The van der Waals surface area contributed by atoms with Crippen LogP contribution in [0.1, 0.15) is 56.2 Å². The summed E-state index contributed by atoms with van der Waals surface area (Å²) in [6.45, 7) is 5.00. The largest absolute Gasteiger partial charge is 0.208 e. The van der Waals surface area contributed by atoms with E-state index in [2.05, 4.69) is 92.7 Å². The summed E-state index contributed by atoms with van der Waals surface area (Å²) in [6, 6.07) is 53.8. The Morgan fingerprint density at radius 1 is 0.491 bits per heavy atom. The van der Waals surface area contributed by atoms with E-state index in [1.54, 1.807) is 0 Å². The quantitative estimate of drug-likeness (QED) is 0.178. The van der Waals surface area contributed by atoms with Crippen molar-refractivity contribution in [1.29, 1.82) is 5.26 Å². The monoisotopic (exact) mass is 710 g/mol. The Kier molecular flexibility index (Phi) is 8.07. The average molecular weight is 711 g/mol. The fourth-order valence-electron chi connectivity index (χ4n) is 10.6. The van der Waals surface area contributed by atoms with Crippen LogP contribution in [0.25, 0.3) is 67.5 Å². The minimum Gasteiger partial charge on any atom is -0.208 e. The van der Waals surface area contributed by atoms with Gasteiger partial charge in [-0.2, -0.15) is 5.26 Å². The Morgan fingerprint density at radius 3 is 1.76 bits per heavy atom. The molecule has 4 heteroatoms. The lowest BCUT2D eigenvalue weighted by molar-refractivity contribution is 0.0426. The molecule has 0 radical (unpaired) electrons. The van der Waals surface area contributed by atoms with E-state index in [1.165, 1.54) is 59.1 Å². The predicted molar refractivity (Wildman–Crippen MR) is 222 cm³/mol. The second-order valence-corrected chi connectivity index (χ2v) is 16.2. The van der Waals surface area contributed by atoms with Gasteiger partial charge in [0.25, 0.3) is 0 Å². The summed E-state index contributed by atoms with van der Waals surface area (Å²) in [5.74, 6) is 4.68. The zero-order valence-electron chi connectivity index (χ0n) is 31.3. The molecule has 5 atom stereocenters. The van der Waals surface area contributed by atoms with E-state index in [0.29, 0.717) is 34.9 Å². The van der Waals surface area contributed by atoms with Crippen LogP contribution >= 0.6 is 0 Å². The van der Waals surface area contributed by atoms with Gasteiger partial charge in [0.1, 0.15) is 0 Å². The van der Waals surface area contributed by atoms with E-state index in [4.69, 9.17) is 15.0 Å². The van der Waals surface area contributed by atoms with Crippen molar-refractivity contribution in [2.75, 3.05) is 0 Å². The van der Waals surface area contributed by atoms with Crippen molar-refractivity contribution in [1.82, 2.24) is 15.0 Å². The maximum atomic E-state index is 9.45. The van der Waals surface area contributed by atoms with Gasteiger partial charge in [0.15, 0.2) is 17.5 Å². The van der Waals surface area contributed by atoms with Gasteiger partial charge in [0.05, 0.1) is 11.6 Å². The molecular weight excluding hydrogens is 669 g/mol. The lowest BCUT2D eigenvalue weighted by atomic mass is 9.49. The summed E-state index contributed by atoms with van der Waals surface area (Å²) in [6.07, 6.45) is 5.21. The smallest absolute Gasteiger partial charge is 0.164 e. The van der Waals surface area contributed by atoms with E-state index >= 15 is 0 Å². The maximum absolute atomic E-state index is 9.45. The highest BCUT2D eigenvalue weighted by Gasteiger charge is 2.56. The lowest BCUT2D eigenvalue weighted by Gasteiger charge is -2.54. The molecule has 0 saturated heterocycles. The van der Waals surface area contributed by atoms with Crippen molar-refractivity contribution in [2.24, 2.45) is 23.7 Å². The molecule has 4 nitrogen and oxygen atoms in total. The molecule has 5 unspecified atom stereocenters. The van der Waals surface area contributed by atoms with Gasteiger partial charge in [0, 0.05) is 22.1 Å². The molecule has 0 amide bonds. The fraction of sp³-hybridized carbons (Fsp3) is 0.216. The molecule has 3 aliphatic carbocycles. The van der Waals surface area contributed by atoms with Crippen LogP contribution in [0.4, 0.5) is 0 Å². The first-order valence-corrected chi connectivity index (χ1v) is 19.8. The number of hydrogen-bond acceptors (Lipinski definition) is 4. The molecular formula is C51H42N4. The third-order valence-electron chi connectivity index (χ3n) is 12.9. The van der Waals surface area contributed by atoms with Gasteiger partial charge in [-0.15, -0.1) is 0 Å². The van der Waals surface area contributed by atoms with Crippen molar-refractivity contribution < 1.29 is 0 Å². The molecule has 7 aromatic rings. The molecule has 3 aliphatic rings. The summed E-state index contributed by atoms with van der Waals surface area (Å²) >= 11 is 0. The van der Waals surface area contributed by atoms with Gasteiger partial charge < -0.3 is 0 Å². The van der Waals surface area contributed by atoms with Crippen molar-refractivity contribution in [3.8, 4) is 73.6 Å². The van der Waals surface area contributed by atoms with E-state index in [-0.39, 0.29) is 5.41 Å². The summed E-state index contributed by atoms with van der Waals surface area (Å²) in [5, 5.41) is 9.45.